The van der Waals surface area contributed by atoms with E-state index in [1.54, 1.807) is 43.2 Å². The lowest BCUT2D eigenvalue weighted by Gasteiger charge is -2.87. The van der Waals surface area contributed by atoms with Crippen LogP contribution in [0.25, 0.3) is 6.08 Å². The lowest BCUT2D eigenvalue weighted by atomic mass is 9.49. The van der Waals surface area contributed by atoms with Gasteiger partial charge in [0.05, 0.1) is 7.59 Å². The summed E-state index contributed by atoms with van der Waals surface area (Å²) < 4.78 is 0. The molecule has 1 saturated heterocycles. The molecule has 1 aromatic rings. The van der Waals surface area contributed by atoms with Crippen molar-refractivity contribution in [3.05, 3.63) is 41.0 Å². The lowest BCUT2D eigenvalue weighted by Crippen LogP contribution is -2.93. The Balaban J connectivity index is 1.68. The molecule has 0 nitrogen and oxygen atoms in total. The molecule has 5 fully saturated rings. The van der Waals surface area contributed by atoms with Gasteiger partial charge in [-0.2, -0.15) is 0 Å². The maximum Gasteiger partial charge on any atom is 0.0542 e. The van der Waals surface area contributed by atoms with Gasteiger partial charge in [0.25, 0.3) is 0 Å². The van der Waals surface area contributed by atoms with E-state index in [4.69, 9.17) is 0 Å². The Morgan fingerprint density at radius 2 is 1.64 bits per heavy atom. The summed E-state index contributed by atoms with van der Waals surface area (Å²) in [4.78, 5) is 0. The smallest absolute Gasteiger partial charge is 0.0542 e. The van der Waals surface area contributed by atoms with Crippen molar-refractivity contribution in [1.29, 1.82) is 0 Å². The molecule has 5 aliphatic carbocycles. The number of hydrogen-bond acceptors (Lipinski definition) is 0. The third-order valence-corrected chi connectivity index (χ3v) is 32.2. The van der Waals surface area contributed by atoms with E-state index in [0.717, 1.165) is 22.8 Å². The molecule has 1 spiro atoms. The van der Waals surface area contributed by atoms with Gasteiger partial charge in [-0.1, -0.05) is 56.5 Å². The zero-order chi connectivity index (χ0) is 17.2. The molecule has 1 aliphatic heterocycles. The van der Waals surface area contributed by atoms with Gasteiger partial charge in [-0.3, -0.25) is 0 Å². The summed E-state index contributed by atoms with van der Waals surface area (Å²) in [6, 6.07) is 7.40. The Labute approximate surface area is 154 Å². The second-order valence-electron chi connectivity index (χ2n) is 11.2. The molecule has 4 saturated carbocycles. The Kier molecular flexibility index (Phi) is 2.64. The molecule has 6 aliphatic rings. The molecule has 1 heterocycles. The molecule has 1 aromatic carbocycles. The van der Waals surface area contributed by atoms with Gasteiger partial charge in [-0.15, -0.1) is 0 Å². The van der Waals surface area contributed by atoms with Crippen molar-refractivity contribution in [3.8, 4) is 0 Å². The topological polar surface area (TPSA) is 0 Å². The van der Waals surface area contributed by atoms with Crippen molar-refractivity contribution in [2.75, 3.05) is 0 Å². The predicted octanol–water partition coefficient (Wildman–Crippen LogP) is 6.12. The van der Waals surface area contributed by atoms with Crippen LogP contribution in [0.15, 0.2) is 24.3 Å². The number of fused-ring (bicyclic) bond motifs is 1. The van der Waals surface area contributed by atoms with E-state index in [0.29, 0.717) is 5.04 Å². The van der Waals surface area contributed by atoms with E-state index >= 15 is 0 Å². The van der Waals surface area contributed by atoms with Gasteiger partial charge < -0.3 is 0 Å². The first kappa shape index (κ1) is 15.5. The Hall–Kier alpha value is -0.606. The summed E-state index contributed by atoms with van der Waals surface area (Å²) in [6.07, 6.45) is 14.0. The zero-order valence-corrected chi connectivity index (χ0v) is 18.4. The van der Waals surface area contributed by atoms with Gasteiger partial charge in [0.2, 0.25) is 0 Å². The Morgan fingerprint density at radius 3 is 2.36 bits per heavy atom. The molecule has 25 heavy (non-hydrogen) atoms. The average Bonchev–Trinajstić information content (AvgIpc) is 3.02. The quantitative estimate of drug-likeness (QED) is 0.526. The lowest BCUT2D eigenvalue weighted by molar-refractivity contribution is -0.0302. The van der Waals surface area contributed by atoms with Gasteiger partial charge in [-0.25, -0.2) is 0 Å². The monoisotopic (exact) mass is 364 g/mol. The van der Waals surface area contributed by atoms with Crippen LogP contribution >= 0.6 is 0 Å². The van der Waals surface area contributed by atoms with Crippen LogP contribution in [0.2, 0.25) is 31.2 Å². The molecule has 0 N–H and O–H groups in total. The highest BCUT2D eigenvalue weighted by Gasteiger charge is 2.86. The zero-order valence-electron chi connectivity index (χ0n) is 16.4. The van der Waals surface area contributed by atoms with Crippen molar-refractivity contribution in [2.45, 2.75) is 74.8 Å². The second kappa shape index (κ2) is 4.27. The van der Waals surface area contributed by atoms with Crippen molar-refractivity contribution >= 4 is 21.3 Å². The molecule has 3 unspecified atom stereocenters. The van der Waals surface area contributed by atoms with Crippen LogP contribution < -0.4 is 0 Å². The van der Waals surface area contributed by atoms with Crippen LogP contribution in [0, 0.1) is 17.8 Å². The molecule has 0 radical (unpaired) electrons. The maximum atomic E-state index is 2.82. The first-order chi connectivity index (χ1) is 11.9. The van der Waals surface area contributed by atoms with Crippen LogP contribution in [0.4, 0.5) is 0 Å². The van der Waals surface area contributed by atoms with Gasteiger partial charge in [0.15, 0.2) is 0 Å². The minimum atomic E-state index is -1.28. The third kappa shape index (κ3) is 1.34. The molecular formula is C23H32Si2. The van der Waals surface area contributed by atoms with Crippen LogP contribution in [-0.2, 0) is 11.5 Å². The van der Waals surface area contributed by atoms with Crippen LogP contribution in [0.3, 0.4) is 0 Å². The van der Waals surface area contributed by atoms with Crippen molar-refractivity contribution in [1.82, 2.24) is 0 Å². The molecule has 2 heteroatoms. The molecular weight excluding hydrogens is 332 g/mol. The van der Waals surface area contributed by atoms with Gasteiger partial charge >= 0.3 is 0 Å². The highest BCUT2D eigenvalue weighted by molar-refractivity contribution is 7.47. The normalized spacial score (nSPS) is 46.6. The highest BCUT2D eigenvalue weighted by atomic mass is 29.3. The highest BCUT2D eigenvalue weighted by Crippen LogP contribution is 2.86. The molecule has 0 aromatic heterocycles. The number of benzene rings is 1. The van der Waals surface area contributed by atoms with E-state index in [1.807, 2.05) is 5.56 Å². The first-order valence-electron chi connectivity index (χ1n) is 10.6. The van der Waals surface area contributed by atoms with Crippen LogP contribution in [0.5, 0.6) is 0 Å². The Bertz CT molecular complexity index is 803. The van der Waals surface area contributed by atoms with E-state index in [-0.39, 0.29) is 0 Å². The molecule has 132 valence electrons. The number of hydrogen-bond donors (Lipinski definition) is 0. The van der Waals surface area contributed by atoms with E-state index in [1.165, 1.54) is 6.42 Å². The SMILES string of the molecule is C[Si]1(C)C23CC4CC(CC(C4)C2(c2cccc4c2C=CC4)[Si]1(C)C)C3. The standard InChI is InChI=1S/C23H32Si2/c1-24(2)22-14-16-11-17(15-22)13-19(12-16)23(22,25(24,3)4)21-10-6-8-18-7-5-9-20(18)21/h5-6,8-10,16-17,19H,7,11-15H2,1-4H3. The van der Waals surface area contributed by atoms with Crippen LogP contribution in [0.1, 0.15) is 48.8 Å². The first-order valence-corrected chi connectivity index (χ1v) is 17.6. The summed E-state index contributed by atoms with van der Waals surface area (Å²) in [5.41, 5.74) is 5.12. The fourth-order valence-electron chi connectivity index (χ4n) is 9.62. The summed E-state index contributed by atoms with van der Waals surface area (Å²) in [7, 11) is -2.45. The largest absolute Gasteiger partial charge is 0.0795 e. The van der Waals surface area contributed by atoms with Crippen molar-refractivity contribution < 1.29 is 0 Å². The minimum Gasteiger partial charge on any atom is -0.0795 e. The number of allylic oxidation sites excluding steroid dienone is 1. The third-order valence-electron chi connectivity index (χ3n) is 10.5. The fraction of sp³-hybridized carbons (Fsp3) is 0.652. The summed E-state index contributed by atoms with van der Waals surface area (Å²) >= 11 is 0. The average molecular weight is 365 g/mol. The predicted molar refractivity (Wildman–Crippen MR) is 112 cm³/mol. The Morgan fingerprint density at radius 1 is 0.920 bits per heavy atom. The van der Waals surface area contributed by atoms with Gasteiger partial charge in [0, 0.05) is 7.59 Å². The van der Waals surface area contributed by atoms with E-state index < -0.39 is 15.2 Å². The molecule has 7 rings (SSSR count). The molecule has 0 amide bonds. The summed E-state index contributed by atoms with van der Waals surface area (Å²) in [5.74, 6) is 3.17. The maximum absolute atomic E-state index is 2.82. The number of rotatable bonds is 1. The van der Waals surface area contributed by atoms with Gasteiger partial charge in [0.1, 0.15) is 0 Å². The van der Waals surface area contributed by atoms with Gasteiger partial charge in [-0.05, 0) is 83.0 Å². The summed E-state index contributed by atoms with van der Waals surface area (Å²) in [6.45, 7) is 11.3. The molecule has 3 atom stereocenters. The van der Waals surface area contributed by atoms with E-state index in [9.17, 15) is 0 Å². The summed E-state index contributed by atoms with van der Waals surface area (Å²) in [5, 5.41) is 1.36. The molecule has 4 bridgehead atoms. The van der Waals surface area contributed by atoms with Crippen LogP contribution in [-0.4, -0.2) is 15.2 Å². The minimum absolute atomic E-state index is 0.614. The second-order valence-corrected chi connectivity index (χ2v) is 26.9. The van der Waals surface area contributed by atoms with E-state index in [2.05, 4.69) is 56.5 Å². The van der Waals surface area contributed by atoms with Crippen molar-refractivity contribution in [3.63, 3.8) is 0 Å². The fourth-order valence-corrected chi connectivity index (χ4v) is 28.8. The van der Waals surface area contributed by atoms with Crippen molar-refractivity contribution in [2.24, 2.45) is 17.8 Å².